The molecule has 29 heavy (non-hydrogen) atoms. The molecule has 0 saturated carbocycles. The number of nitrogens with one attached hydrogen (secondary N) is 3. The van der Waals surface area contributed by atoms with Crippen molar-refractivity contribution in [3.8, 4) is 11.3 Å². The third-order valence-electron chi connectivity index (χ3n) is 4.33. The SMILES string of the molecule is O=C(C[C@H]1NC(=O)c2ccccc2NC1=O)Nc1nc(-c2ccc(F)cc2)cs1. The van der Waals surface area contributed by atoms with Gasteiger partial charge in [-0.3, -0.25) is 14.4 Å². The lowest BCUT2D eigenvalue weighted by Crippen LogP contribution is -2.43. The van der Waals surface area contributed by atoms with Gasteiger partial charge in [0.15, 0.2) is 5.13 Å². The first-order valence-electron chi connectivity index (χ1n) is 8.71. The molecule has 0 aliphatic carbocycles. The molecule has 0 bridgehead atoms. The van der Waals surface area contributed by atoms with Gasteiger partial charge in [-0.15, -0.1) is 11.3 Å². The zero-order valence-electron chi connectivity index (χ0n) is 14.9. The molecule has 2 aromatic carbocycles. The Morgan fingerprint density at radius 2 is 1.90 bits per heavy atom. The Bertz CT molecular complexity index is 1100. The molecule has 146 valence electrons. The molecule has 9 heteroatoms. The molecule has 0 spiro atoms. The summed E-state index contributed by atoms with van der Waals surface area (Å²) >= 11 is 1.21. The average Bonchev–Trinajstić information content (AvgIpc) is 3.12. The van der Waals surface area contributed by atoms with Crippen LogP contribution in [0.2, 0.25) is 0 Å². The Kier molecular flexibility index (Phi) is 5.05. The van der Waals surface area contributed by atoms with Gasteiger partial charge in [0.2, 0.25) is 11.8 Å². The van der Waals surface area contributed by atoms with Crippen molar-refractivity contribution < 1.29 is 18.8 Å². The number of amides is 3. The fourth-order valence-electron chi connectivity index (χ4n) is 2.90. The van der Waals surface area contributed by atoms with Gasteiger partial charge in [0.25, 0.3) is 5.91 Å². The van der Waals surface area contributed by atoms with E-state index in [-0.39, 0.29) is 12.2 Å². The summed E-state index contributed by atoms with van der Waals surface area (Å²) in [6.07, 6.45) is -0.239. The summed E-state index contributed by atoms with van der Waals surface area (Å²) in [5.74, 6) is -1.70. The summed E-state index contributed by atoms with van der Waals surface area (Å²) in [5, 5.41) is 9.94. The van der Waals surface area contributed by atoms with Crippen molar-refractivity contribution in [3.05, 3.63) is 65.3 Å². The van der Waals surface area contributed by atoms with Gasteiger partial charge in [-0.2, -0.15) is 0 Å². The highest BCUT2D eigenvalue weighted by atomic mass is 32.1. The van der Waals surface area contributed by atoms with E-state index >= 15 is 0 Å². The predicted octanol–water partition coefficient (Wildman–Crippen LogP) is 3.03. The summed E-state index contributed by atoms with van der Waals surface area (Å²) in [6.45, 7) is 0. The monoisotopic (exact) mass is 410 g/mol. The van der Waals surface area contributed by atoms with Crippen molar-refractivity contribution in [2.24, 2.45) is 0 Å². The minimum Gasteiger partial charge on any atom is -0.340 e. The molecule has 0 radical (unpaired) electrons. The third kappa shape index (κ3) is 4.14. The van der Waals surface area contributed by atoms with Gasteiger partial charge < -0.3 is 16.0 Å². The van der Waals surface area contributed by atoms with Gasteiger partial charge in [0.1, 0.15) is 11.9 Å². The summed E-state index contributed by atoms with van der Waals surface area (Å²) in [4.78, 5) is 41.4. The standard InChI is InChI=1S/C20H15FN4O3S/c21-12-7-5-11(6-8-12)16-10-29-20(24-16)25-17(26)9-15-19(28)22-14-4-2-1-3-13(14)18(27)23-15/h1-8,10,15H,9H2,(H,22,28)(H,23,27)(H,24,25,26)/t15-/m1/s1. The molecule has 4 rings (SSSR count). The number of thiazole rings is 1. The van der Waals surface area contributed by atoms with E-state index < -0.39 is 23.8 Å². The first-order valence-corrected chi connectivity index (χ1v) is 9.59. The largest absolute Gasteiger partial charge is 0.340 e. The molecular formula is C20H15FN4O3S. The number of fused-ring (bicyclic) bond motifs is 1. The Labute approximate surface area is 169 Å². The van der Waals surface area contributed by atoms with Crippen LogP contribution in [0.3, 0.4) is 0 Å². The topological polar surface area (TPSA) is 100 Å². The van der Waals surface area contributed by atoms with Crippen LogP contribution in [-0.2, 0) is 9.59 Å². The summed E-state index contributed by atoms with van der Waals surface area (Å²) < 4.78 is 13.0. The first-order chi connectivity index (χ1) is 14.0. The number of carbonyl (C=O) groups is 3. The van der Waals surface area contributed by atoms with Gasteiger partial charge in [0, 0.05) is 10.9 Å². The van der Waals surface area contributed by atoms with Crippen LogP contribution in [0.5, 0.6) is 0 Å². The van der Waals surface area contributed by atoms with Crippen LogP contribution in [0, 0.1) is 5.82 Å². The minimum atomic E-state index is -1.01. The minimum absolute atomic E-state index is 0.239. The van der Waals surface area contributed by atoms with Crippen LogP contribution < -0.4 is 16.0 Å². The maximum atomic E-state index is 13.0. The van der Waals surface area contributed by atoms with E-state index in [0.717, 1.165) is 5.56 Å². The fraction of sp³-hybridized carbons (Fsp3) is 0.100. The first kappa shape index (κ1) is 18.8. The van der Waals surface area contributed by atoms with E-state index in [0.29, 0.717) is 22.1 Å². The zero-order valence-corrected chi connectivity index (χ0v) is 15.8. The van der Waals surface area contributed by atoms with E-state index in [4.69, 9.17) is 0 Å². The molecule has 3 aromatic rings. The maximum absolute atomic E-state index is 13.0. The van der Waals surface area contributed by atoms with Gasteiger partial charge >= 0.3 is 0 Å². The van der Waals surface area contributed by atoms with Crippen LogP contribution >= 0.6 is 11.3 Å². The van der Waals surface area contributed by atoms with Crippen molar-refractivity contribution >= 4 is 39.9 Å². The second-order valence-electron chi connectivity index (χ2n) is 6.36. The van der Waals surface area contributed by atoms with Crippen molar-refractivity contribution in [2.75, 3.05) is 10.6 Å². The molecule has 1 aliphatic heterocycles. The van der Waals surface area contributed by atoms with E-state index in [1.54, 1.807) is 41.8 Å². The molecule has 0 saturated heterocycles. The Morgan fingerprint density at radius 3 is 2.69 bits per heavy atom. The number of hydrogen-bond acceptors (Lipinski definition) is 5. The van der Waals surface area contributed by atoms with Gasteiger partial charge in [-0.1, -0.05) is 12.1 Å². The van der Waals surface area contributed by atoms with Gasteiger partial charge in [-0.05, 0) is 36.4 Å². The number of hydrogen-bond donors (Lipinski definition) is 3. The van der Waals surface area contributed by atoms with Crippen molar-refractivity contribution in [3.63, 3.8) is 0 Å². The second-order valence-corrected chi connectivity index (χ2v) is 7.22. The number of para-hydroxylation sites is 1. The highest BCUT2D eigenvalue weighted by Crippen LogP contribution is 2.25. The molecule has 1 aromatic heterocycles. The summed E-state index contributed by atoms with van der Waals surface area (Å²) in [7, 11) is 0. The Hall–Kier alpha value is -3.59. The lowest BCUT2D eigenvalue weighted by molar-refractivity contribution is -0.122. The Morgan fingerprint density at radius 1 is 1.14 bits per heavy atom. The molecule has 3 amide bonds. The van der Waals surface area contributed by atoms with Crippen LogP contribution in [0.4, 0.5) is 15.2 Å². The van der Waals surface area contributed by atoms with Crippen LogP contribution in [0.1, 0.15) is 16.8 Å². The normalized spacial score (nSPS) is 15.7. The second kappa shape index (κ2) is 7.80. The summed E-state index contributed by atoms with van der Waals surface area (Å²) in [5.41, 5.74) is 2.06. The third-order valence-corrected chi connectivity index (χ3v) is 5.09. The molecule has 7 nitrogen and oxygen atoms in total. The molecular weight excluding hydrogens is 395 g/mol. The Balaban J connectivity index is 1.42. The van der Waals surface area contributed by atoms with Crippen LogP contribution in [0.15, 0.2) is 53.9 Å². The molecule has 0 unspecified atom stereocenters. The predicted molar refractivity (Wildman–Crippen MR) is 107 cm³/mol. The highest BCUT2D eigenvalue weighted by molar-refractivity contribution is 7.14. The van der Waals surface area contributed by atoms with Crippen LogP contribution in [-0.4, -0.2) is 28.7 Å². The number of nitrogens with zero attached hydrogens (tertiary/aromatic N) is 1. The van der Waals surface area contributed by atoms with Crippen molar-refractivity contribution in [1.29, 1.82) is 0 Å². The van der Waals surface area contributed by atoms with E-state index in [1.807, 2.05) is 0 Å². The van der Waals surface area contributed by atoms with E-state index in [9.17, 15) is 18.8 Å². The fourth-order valence-corrected chi connectivity index (χ4v) is 3.63. The molecule has 0 fully saturated rings. The number of carbonyl (C=O) groups excluding carboxylic acids is 3. The van der Waals surface area contributed by atoms with Gasteiger partial charge in [-0.25, -0.2) is 9.37 Å². The lowest BCUT2D eigenvalue weighted by atomic mass is 10.1. The number of anilines is 2. The quantitative estimate of drug-likeness (QED) is 0.616. The molecule has 1 aliphatic rings. The molecule has 2 heterocycles. The zero-order chi connectivity index (χ0) is 20.4. The van der Waals surface area contributed by atoms with E-state index in [1.165, 1.54) is 23.5 Å². The number of rotatable bonds is 4. The molecule has 3 N–H and O–H groups in total. The van der Waals surface area contributed by atoms with Crippen molar-refractivity contribution in [1.82, 2.24) is 10.3 Å². The number of halogens is 1. The number of benzene rings is 2. The van der Waals surface area contributed by atoms with Crippen molar-refractivity contribution in [2.45, 2.75) is 12.5 Å². The summed E-state index contributed by atoms with van der Waals surface area (Å²) in [6, 6.07) is 11.5. The smallest absolute Gasteiger partial charge is 0.254 e. The highest BCUT2D eigenvalue weighted by Gasteiger charge is 2.29. The average molecular weight is 410 g/mol. The number of aromatic nitrogens is 1. The van der Waals surface area contributed by atoms with E-state index in [2.05, 4.69) is 20.9 Å². The van der Waals surface area contributed by atoms with Gasteiger partial charge in [0.05, 0.1) is 23.4 Å². The maximum Gasteiger partial charge on any atom is 0.254 e. The lowest BCUT2D eigenvalue weighted by Gasteiger charge is -2.13. The van der Waals surface area contributed by atoms with Crippen LogP contribution in [0.25, 0.3) is 11.3 Å². The molecule has 1 atom stereocenters.